The molecule has 1 amide bonds. The molecule has 6 N–H and O–H groups in total. The standard InChI is InChI=1S/C75H141NO8/c1-3-5-7-9-11-13-15-17-19-21-23-25-26-27-28-29-30-31-32-33-34-35-36-37-38-39-40-41-42-43-44-45-47-49-51-53-55-57-59-61-63-65-71(79)76-68(67-83-75-74(82)73(81)72(80)70(66-77)84-75)69(78)64-62-60-58-56-54-52-50-48-46-24-22-20-18-16-14-12-10-8-6-4-2/h5,7,11,13,17,19,23,25,68-70,72-75,77-78,80-82H,3-4,6,8-10,12,14-16,18,20-22,24,26-67H2,1-2H3,(H,76,79)/b7-5-,13-11-,19-17-,25-23-. The normalized spacial score (nSPS) is 18.4. The zero-order valence-electron chi connectivity index (χ0n) is 55.4. The first-order chi connectivity index (χ1) is 41.3. The van der Waals surface area contributed by atoms with Gasteiger partial charge in [0.1, 0.15) is 24.4 Å². The average Bonchev–Trinajstić information content (AvgIpc) is 3.70. The molecule has 1 rings (SSSR count). The van der Waals surface area contributed by atoms with Crippen LogP contribution in [-0.2, 0) is 14.3 Å². The van der Waals surface area contributed by atoms with E-state index in [0.717, 1.165) is 64.2 Å². The van der Waals surface area contributed by atoms with E-state index in [9.17, 15) is 30.3 Å². The number of hydrogen-bond acceptors (Lipinski definition) is 8. The summed E-state index contributed by atoms with van der Waals surface area (Å²) in [6.07, 6.45) is 80.6. The van der Waals surface area contributed by atoms with Gasteiger partial charge < -0.3 is 40.3 Å². The molecule has 1 fully saturated rings. The molecule has 9 nitrogen and oxygen atoms in total. The van der Waals surface area contributed by atoms with E-state index < -0.39 is 49.5 Å². The third-order valence-corrected chi connectivity index (χ3v) is 17.7. The van der Waals surface area contributed by atoms with Gasteiger partial charge in [0, 0.05) is 6.42 Å². The number of allylic oxidation sites excluding steroid dienone is 8. The van der Waals surface area contributed by atoms with Crippen molar-refractivity contribution in [2.45, 2.75) is 410 Å². The van der Waals surface area contributed by atoms with Gasteiger partial charge in [0.15, 0.2) is 6.29 Å². The highest BCUT2D eigenvalue weighted by Gasteiger charge is 2.44. The summed E-state index contributed by atoms with van der Waals surface area (Å²) in [5.74, 6) is -0.136. The largest absolute Gasteiger partial charge is 0.394 e. The van der Waals surface area contributed by atoms with Crippen molar-refractivity contribution in [1.29, 1.82) is 0 Å². The Morgan fingerprint density at radius 3 is 1.10 bits per heavy atom. The number of rotatable bonds is 65. The van der Waals surface area contributed by atoms with Gasteiger partial charge in [0.05, 0.1) is 25.4 Å². The molecule has 0 bridgehead atoms. The minimum atomic E-state index is -1.55. The molecule has 0 aromatic heterocycles. The van der Waals surface area contributed by atoms with Gasteiger partial charge in [0.2, 0.25) is 5.91 Å². The van der Waals surface area contributed by atoms with Gasteiger partial charge in [-0.15, -0.1) is 0 Å². The van der Waals surface area contributed by atoms with Crippen LogP contribution < -0.4 is 5.32 Å². The van der Waals surface area contributed by atoms with Crippen molar-refractivity contribution in [3.05, 3.63) is 48.6 Å². The molecule has 1 heterocycles. The summed E-state index contributed by atoms with van der Waals surface area (Å²) in [5.41, 5.74) is 0. The number of ether oxygens (including phenoxy) is 2. The molecule has 9 heteroatoms. The summed E-state index contributed by atoms with van der Waals surface area (Å²) in [6, 6.07) is -0.718. The van der Waals surface area contributed by atoms with Crippen molar-refractivity contribution in [1.82, 2.24) is 5.32 Å². The van der Waals surface area contributed by atoms with Gasteiger partial charge in [-0.2, -0.15) is 0 Å². The van der Waals surface area contributed by atoms with Gasteiger partial charge in [-0.25, -0.2) is 0 Å². The van der Waals surface area contributed by atoms with Crippen LogP contribution in [0.1, 0.15) is 367 Å². The molecule has 1 aliphatic heterocycles. The number of amides is 1. The minimum Gasteiger partial charge on any atom is -0.394 e. The molecule has 7 atom stereocenters. The van der Waals surface area contributed by atoms with E-state index in [-0.39, 0.29) is 12.5 Å². The van der Waals surface area contributed by atoms with Gasteiger partial charge in [-0.05, 0) is 51.4 Å². The first-order valence-corrected chi connectivity index (χ1v) is 36.8. The maximum atomic E-state index is 13.2. The highest BCUT2D eigenvalue weighted by molar-refractivity contribution is 5.76. The smallest absolute Gasteiger partial charge is 0.220 e. The van der Waals surface area contributed by atoms with Crippen LogP contribution in [0.5, 0.6) is 0 Å². The van der Waals surface area contributed by atoms with Crippen molar-refractivity contribution in [3.8, 4) is 0 Å². The number of aliphatic hydroxyl groups is 5. The van der Waals surface area contributed by atoms with E-state index in [4.69, 9.17) is 9.47 Å². The second-order valence-corrected chi connectivity index (χ2v) is 25.7. The van der Waals surface area contributed by atoms with E-state index in [1.165, 1.54) is 276 Å². The Bertz CT molecular complexity index is 1470. The summed E-state index contributed by atoms with van der Waals surface area (Å²) >= 11 is 0. The molecule has 1 saturated heterocycles. The van der Waals surface area contributed by atoms with E-state index in [1.807, 2.05) is 0 Å². The minimum absolute atomic E-state index is 0.133. The summed E-state index contributed by atoms with van der Waals surface area (Å²) < 4.78 is 11.4. The van der Waals surface area contributed by atoms with Gasteiger partial charge in [-0.3, -0.25) is 4.79 Å². The first-order valence-electron chi connectivity index (χ1n) is 36.8. The van der Waals surface area contributed by atoms with Crippen LogP contribution in [0.25, 0.3) is 0 Å². The topological polar surface area (TPSA) is 149 Å². The van der Waals surface area contributed by atoms with Crippen LogP contribution in [-0.4, -0.2) is 87.5 Å². The lowest BCUT2D eigenvalue weighted by Gasteiger charge is -2.40. The number of nitrogens with one attached hydrogen (secondary N) is 1. The van der Waals surface area contributed by atoms with Crippen molar-refractivity contribution in [3.63, 3.8) is 0 Å². The van der Waals surface area contributed by atoms with Gasteiger partial charge in [0.25, 0.3) is 0 Å². The van der Waals surface area contributed by atoms with Crippen molar-refractivity contribution >= 4 is 5.91 Å². The van der Waals surface area contributed by atoms with E-state index in [2.05, 4.69) is 67.8 Å². The lowest BCUT2D eigenvalue weighted by molar-refractivity contribution is -0.302. The predicted molar refractivity (Wildman–Crippen MR) is 359 cm³/mol. The fourth-order valence-electron chi connectivity index (χ4n) is 12.0. The van der Waals surface area contributed by atoms with Crippen LogP contribution in [0.15, 0.2) is 48.6 Å². The Morgan fingerprint density at radius 2 is 0.738 bits per heavy atom. The number of carbonyl (C=O) groups is 1. The zero-order valence-corrected chi connectivity index (χ0v) is 55.4. The Balaban J connectivity index is 2.02. The molecule has 84 heavy (non-hydrogen) atoms. The quantitative estimate of drug-likeness (QED) is 0.0261. The molecule has 0 aromatic rings. The summed E-state index contributed by atoms with van der Waals surface area (Å²) in [5, 5.41) is 54.9. The number of unbranched alkanes of at least 4 members (excludes halogenated alkanes) is 47. The molecular formula is C75H141NO8. The number of hydrogen-bond donors (Lipinski definition) is 6. The maximum absolute atomic E-state index is 13.2. The highest BCUT2D eigenvalue weighted by Crippen LogP contribution is 2.24. The second kappa shape index (κ2) is 64.1. The monoisotopic (exact) mass is 1180 g/mol. The second-order valence-electron chi connectivity index (χ2n) is 25.7. The van der Waals surface area contributed by atoms with Crippen LogP contribution in [0.2, 0.25) is 0 Å². The predicted octanol–water partition coefficient (Wildman–Crippen LogP) is 20.4. The third-order valence-electron chi connectivity index (χ3n) is 17.7. The van der Waals surface area contributed by atoms with Crippen LogP contribution >= 0.6 is 0 Å². The molecular weight excluding hydrogens is 1040 g/mol. The average molecular weight is 1180 g/mol. The molecule has 0 spiro atoms. The Morgan fingerprint density at radius 1 is 0.417 bits per heavy atom. The van der Waals surface area contributed by atoms with E-state index >= 15 is 0 Å². The van der Waals surface area contributed by atoms with Crippen LogP contribution in [0.3, 0.4) is 0 Å². The number of aliphatic hydroxyl groups excluding tert-OH is 5. The molecule has 7 unspecified atom stereocenters. The van der Waals surface area contributed by atoms with E-state index in [1.54, 1.807) is 0 Å². The highest BCUT2D eigenvalue weighted by atomic mass is 16.7. The molecule has 494 valence electrons. The lowest BCUT2D eigenvalue weighted by Crippen LogP contribution is -2.60. The van der Waals surface area contributed by atoms with Crippen LogP contribution in [0.4, 0.5) is 0 Å². The summed E-state index contributed by atoms with van der Waals surface area (Å²) in [4.78, 5) is 13.2. The molecule has 0 radical (unpaired) electrons. The number of carbonyl (C=O) groups excluding carboxylic acids is 1. The Labute approximate surface area is 520 Å². The van der Waals surface area contributed by atoms with Crippen molar-refractivity contribution in [2.24, 2.45) is 0 Å². The lowest BCUT2D eigenvalue weighted by atomic mass is 9.99. The fraction of sp³-hybridized carbons (Fsp3) is 0.880. The molecule has 1 aliphatic rings. The summed E-state index contributed by atoms with van der Waals surface area (Å²) in [6.45, 7) is 3.78. The maximum Gasteiger partial charge on any atom is 0.220 e. The molecule has 0 aromatic carbocycles. The third kappa shape index (κ3) is 52.1. The van der Waals surface area contributed by atoms with Crippen molar-refractivity contribution in [2.75, 3.05) is 13.2 Å². The van der Waals surface area contributed by atoms with Crippen LogP contribution in [0, 0.1) is 0 Å². The first kappa shape index (κ1) is 80.2. The SMILES string of the molecule is CC/C=C\C/C=C\C/C=C\C/C=C\CCCCCCCCCCCCCCCCCCCCCCCCCCCCCCC(=O)NC(COC1OC(CO)C(O)C(O)C1O)C(O)CCCCCCCCCCCCCCCCCCCCCC. The Kier molecular flexibility index (Phi) is 61.2. The van der Waals surface area contributed by atoms with Gasteiger partial charge in [-0.1, -0.05) is 358 Å². The molecule has 0 saturated carbocycles. The zero-order chi connectivity index (χ0) is 60.7. The fourth-order valence-corrected chi connectivity index (χ4v) is 12.0. The van der Waals surface area contributed by atoms with Crippen molar-refractivity contribution < 1.29 is 39.8 Å². The summed E-state index contributed by atoms with van der Waals surface area (Å²) in [7, 11) is 0. The Hall–Kier alpha value is -1.85. The van der Waals surface area contributed by atoms with Gasteiger partial charge >= 0.3 is 0 Å². The van der Waals surface area contributed by atoms with E-state index in [0.29, 0.717) is 12.8 Å². The molecule has 0 aliphatic carbocycles.